The summed E-state index contributed by atoms with van der Waals surface area (Å²) in [6, 6.07) is 16.1. The summed E-state index contributed by atoms with van der Waals surface area (Å²) in [4.78, 5) is 28.0. The van der Waals surface area contributed by atoms with Crippen LogP contribution in [0.1, 0.15) is 38.7 Å². The quantitative estimate of drug-likeness (QED) is 0.248. The molecule has 0 bridgehead atoms. The molecule has 0 aliphatic heterocycles. The van der Waals surface area contributed by atoms with E-state index in [0.717, 1.165) is 28.1 Å². The van der Waals surface area contributed by atoms with Crippen molar-refractivity contribution in [2.75, 3.05) is 13.2 Å². The predicted molar refractivity (Wildman–Crippen MR) is 146 cm³/mol. The van der Waals surface area contributed by atoms with E-state index in [9.17, 15) is 9.59 Å². The molecule has 0 saturated carbocycles. The second-order valence-corrected chi connectivity index (χ2v) is 9.85. The van der Waals surface area contributed by atoms with E-state index in [1.165, 1.54) is 4.90 Å². The van der Waals surface area contributed by atoms with Crippen molar-refractivity contribution >= 4 is 61.7 Å². The van der Waals surface area contributed by atoms with Gasteiger partial charge in [0.15, 0.2) is 6.61 Å². The van der Waals surface area contributed by atoms with Crippen molar-refractivity contribution in [1.82, 2.24) is 10.2 Å². The summed E-state index contributed by atoms with van der Waals surface area (Å²) < 4.78 is 6.70. The van der Waals surface area contributed by atoms with Gasteiger partial charge in [-0.15, -0.1) is 0 Å². The number of nitrogens with zero attached hydrogens (tertiary/aromatic N) is 1. The number of halogens is 3. The lowest BCUT2D eigenvalue weighted by Gasteiger charge is -2.31. The largest absolute Gasteiger partial charge is 0.483 e. The summed E-state index contributed by atoms with van der Waals surface area (Å²) >= 11 is 16.0. The van der Waals surface area contributed by atoms with Crippen molar-refractivity contribution in [3.05, 3.63) is 74.7 Å². The first-order valence-corrected chi connectivity index (χ1v) is 13.2. The first-order chi connectivity index (χ1) is 16.8. The van der Waals surface area contributed by atoms with Gasteiger partial charge in [0, 0.05) is 23.1 Å². The predicted octanol–water partition coefficient (Wildman–Crippen LogP) is 7.01. The highest BCUT2D eigenvalue weighted by molar-refractivity contribution is 9.10. The Morgan fingerprint density at radius 1 is 1.09 bits per heavy atom. The van der Waals surface area contributed by atoms with Crippen LogP contribution in [0.5, 0.6) is 5.75 Å². The zero-order valence-corrected chi connectivity index (χ0v) is 22.9. The highest BCUT2D eigenvalue weighted by Crippen LogP contribution is 2.33. The first kappa shape index (κ1) is 27.3. The Labute approximate surface area is 224 Å². The van der Waals surface area contributed by atoms with Crippen LogP contribution < -0.4 is 10.1 Å². The van der Waals surface area contributed by atoms with Gasteiger partial charge in [0.05, 0.1) is 4.47 Å². The van der Waals surface area contributed by atoms with Gasteiger partial charge >= 0.3 is 0 Å². The number of fused-ring (bicyclic) bond motifs is 1. The maximum absolute atomic E-state index is 13.4. The fourth-order valence-electron chi connectivity index (χ4n) is 3.81. The number of hydrogen-bond donors (Lipinski definition) is 1. The second kappa shape index (κ2) is 13.1. The third kappa shape index (κ3) is 7.12. The summed E-state index contributed by atoms with van der Waals surface area (Å²) in [6.45, 7) is 4.45. The topological polar surface area (TPSA) is 58.6 Å². The molecule has 2 amide bonds. The van der Waals surface area contributed by atoms with Gasteiger partial charge in [0.25, 0.3) is 5.91 Å². The Kier molecular flexibility index (Phi) is 10.3. The van der Waals surface area contributed by atoms with Crippen LogP contribution in [-0.2, 0) is 16.1 Å². The fourth-order valence-corrected chi connectivity index (χ4v) is 4.88. The number of ether oxygens (including phenoxy) is 1. The van der Waals surface area contributed by atoms with Gasteiger partial charge in [-0.3, -0.25) is 9.59 Å². The lowest BCUT2D eigenvalue weighted by Crippen LogP contribution is -2.50. The number of benzene rings is 3. The molecule has 1 N–H and O–H groups in total. The van der Waals surface area contributed by atoms with Crippen molar-refractivity contribution in [2.45, 2.75) is 45.7 Å². The van der Waals surface area contributed by atoms with Crippen LogP contribution in [0.4, 0.5) is 0 Å². The SMILES string of the molecule is CCCCNC(=O)[C@@H](CC)N(Cc1ccc(Cl)cc1Cl)C(=O)COc1ccc2ccccc2c1Br. The second-order valence-electron chi connectivity index (χ2n) is 8.21. The monoisotopic (exact) mass is 578 g/mol. The number of amides is 2. The molecule has 0 radical (unpaired) electrons. The maximum atomic E-state index is 13.4. The molecule has 0 fully saturated rings. The van der Waals surface area contributed by atoms with Crippen molar-refractivity contribution in [3.8, 4) is 5.75 Å². The Balaban J connectivity index is 1.83. The minimum atomic E-state index is -0.658. The summed E-state index contributed by atoms with van der Waals surface area (Å²) in [6.07, 6.45) is 2.29. The number of unbranched alkanes of at least 4 members (excludes halogenated alkanes) is 1. The number of nitrogens with one attached hydrogen (secondary N) is 1. The van der Waals surface area contributed by atoms with Crippen molar-refractivity contribution < 1.29 is 14.3 Å². The van der Waals surface area contributed by atoms with Gasteiger partial charge in [0.1, 0.15) is 11.8 Å². The molecule has 0 unspecified atom stereocenters. The van der Waals surface area contributed by atoms with Gasteiger partial charge in [-0.25, -0.2) is 0 Å². The Hall–Kier alpha value is -2.28. The molecule has 0 aromatic heterocycles. The highest BCUT2D eigenvalue weighted by Gasteiger charge is 2.29. The highest BCUT2D eigenvalue weighted by atomic mass is 79.9. The van der Waals surface area contributed by atoms with Gasteiger partial charge in [-0.2, -0.15) is 0 Å². The van der Waals surface area contributed by atoms with Crippen LogP contribution in [0, 0.1) is 0 Å². The van der Waals surface area contributed by atoms with Gasteiger partial charge in [0.2, 0.25) is 5.91 Å². The zero-order valence-electron chi connectivity index (χ0n) is 19.8. The Bertz CT molecular complexity index is 1190. The average molecular weight is 580 g/mol. The van der Waals surface area contributed by atoms with Crippen LogP contribution in [0.2, 0.25) is 10.0 Å². The van der Waals surface area contributed by atoms with Crippen LogP contribution in [-0.4, -0.2) is 35.9 Å². The van der Waals surface area contributed by atoms with E-state index in [-0.39, 0.29) is 25.0 Å². The molecule has 8 heteroatoms. The number of carbonyl (C=O) groups excluding carboxylic acids is 2. The smallest absolute Gasteiger partial charge is 0.261 e. The standard InChI is InChI=1S/C27H29BrCl2N2O3/c1-3-5-14-31-27(34)23(4-2)32(16-19-10-12-20(29)15-22(19)30)25(33)17-35-24-13-11-18-8-6-7-9-21(18)26(24)28/h6-13,15,23H,3-5,14,16-17H2,1-2H3,(H,31,34)/t23-/m1/s1. The van der Waals surface area contributed by atoms with Crippen molar-refractivity contribution in [1.29, 1.82) is 0 Å². The molecule has 1 atom stereocenters. The number of carbonyl (C=O) groups is 2. The molecule has 3 rings (SSSR count). The molecule has 0 spiro atoms. The normalized spacial score (nSPS) is 11.8. The third-order valence-corrected chi connectivity index (χ3v) is 7.16. The average Bonchev–Trinajstić information content (AvgIpc) is 2.85. The van der Waals surface area contributed by atoms with E-state index in [0.29, 0.717) is 34.3 Å². The Morgan fingerprint density at radius 3 is 2.57 bits per heavy atom. The molecule has 5 nitrogen and oxygen atoms in total. The molecule has 3 aromatic rings. The maximum Gasteiger partial charge on any atom is 0.261 e. The summed E-state index contributed by atoms with van der Waals surface area (Å²) in [5, 5.41) is 5.94. The van der Waals surface area contributed by atoms with Crippen molar-refractivity contribution in [2.24, 2.45) is 0 Å². The third-order valence-electron chi connectivity index (χ3n) is 5.75. The summed E-state index contributed by atoms with van der Waals surface area (Å²) in [5.74, 6) is 0.0572. The lowest BCUT2D eigenvalue weighted by atomic mass is 10.1. The lowest BCUT2D eigenvalue weighted by molar-refractivity contribution is -0.143. The number of rotatable bonds is 11. The van der Waals surface area contributed by atoms with E-state index in [4.69, 9.17) is 27.9 Å². The minimum absolute atomic E-state index is 0.163. The van der Waals surface area contributed by atoms with Crippen LogP contribution in [0.15, 0.2) is 59.1 Å². The van der Waals surface area contributed by atoms with E-state index in [1.807, 2.05) is 43.3 Å². The van der Waals surface area contributed by atoms with Crippen LogP contribution >= 0.6 is 39.1 Å². The molecule has 3 aromatic carbocycles. The molecule has 0 aliphatic rings. The summed E-state index contributed by atoms with van der Waals surface area (Å²) in [5.41, 5.74) is 0.705. The number of hydrogen-bond acceptors (Lipinski definition) is 3. The molecule has 35 heavy (non-hydrogen) atoms. The Morgan fingerprint density at radius 2 is 1.86 bits per heavy atom. The molecule has 0 aliphatic carbocycles. The molecular weight excluding hydrogens is 551 g/mol. The van der Waals surface area contributed by atoms with Crippen LogP contribution in [0.25, 0.3) is 10.8 Å². The van der Waals surface area contributed by atoms with E-state index < -0.39 is 6.04 Å². The first-order valence-electron chi connectivity index (χ1n) is 11.7. The molecular formula is C27H29BrCl2N2O3. The molecule has 186 valence electrons. The molecule has 0 heterocycles. The van der Waals surface area contributed by atoms with Gasteiger partial charge in [-0.1, -0.05) is 79.9 Å². The summed E-state index contributed by atoms with van der Waals surface area (Å²) in [7, 11) is 0. The fraction of sp³-hybridized carbons (Fsp3) is 0.333. The zero-order chi connectivity index (χ0) is 25.4. The van der Waals surface area contributed by atoms with Crippen LogP contribution in [0.3, 0.4) is 0 Å². The van der Waals surface area contributed by atoms with E-state index in [1.54, 1.807) is 18.2 Å². The molecule has 0 saturated heterocycles. The van der Waals surface area contributed by atoms with Gasteiger partial charge < -0.3 is 15.0 Å². The van der Waals surface area contributed by atoms with E-state index in [2.05, 4.69) is 28.2 Å². The van der Waals surface area contributed by atoms with E-state index >= 15 is 0 Å². The van der Waals surface area contributed by atoms with Crippen molar-refractivity contribution in [3.63, 3.8) is 0 Å². The van der Waals surface area contributed by atoms with Gasteiger partial charge in [-0.05, 0) is 63.3 Å². The minimum Gasteiger partial charge on any atom is -0.483 e.